The Bertz CT molecular complexity index is 1400. The van der Waals surface area contributed by atoms with Gasteiger partial charge in [-0.25, -0.2) is 4.79 Å². The van der Waals surface area contributed by atoms with Crippen LogP contribution >= 0.6 is 15.9 Å². The predicted molar refractivity (Wildman–Crippen MR) is 135 cm³/mol. The summed E-state index contributed by atoms with van der Waals surface area (Å²) < 4.78 is 84.5. The molecule has 0 radical (unpaired) electrons. The van der Waals surface area contributed by atoms with Crippen LogP contribution in [-0.2, 0) is 26.7 Å². The van der Waals surface area contributed by atoms with Crippen LogP contribution in [0.3, 0.4) is 0 Å². The smallest absolute Gasteiger partial charge is 0.416 e. The molecule has 0 spiro atoms. The number of esters is 1. The molecule has 1 atom stereocenters. The SMILES string of the molecule is CCOC(=O)C1=C(Nc2ccc(C(F)(F)F)cc2)C(=O)N(c2ccc(C(F)(F)F)cc2)C1c1ccc(Br)cc1. The number of anilines is 2. The van der Waals surface area contributed by atoms with E-state index in [9.17, 15) is 35.9 Å². The van der Waals surface area contributed by atoms with Crippen LogP contribution in [0.15, 0.2) is 88.5 Å². The molecule has 1 aliphatic heterocycles. The summed E-state index contributed by atoms with van der Waals surface area (Å²) in [4.78, 5) is 28.1. The normalized spacial score (nSPS) is 16.1. The van der Waals surface area contributed by atoms with Crippen molar-refractivity contribution in [3.8, 4) is 0 Å². The zero-order chi connectivity index (χ0) is 28.5. The third kappa shape index (κ3) is 5.95. The molecule has 1 unspecified atom stereocenters. The maximum atomic E-state index is 13.8. The van der Waals surface area contributed by atoms with Gasteiger partial charge >= 0.3 is 18.3 Å². The molecule has 1 aliphatic rings. The Morgan fingerprint density at radius 1 is 0.872 bits per heavy atom. The summed E-state index contributed by atoms with van der Waals surface area (Å²) in [5.74, 6) is -1.66. The van der Waals surface area contributed by atoms with Crippen molar-refractivity contribution in [2.75, 3.05) is 16.8 Å². The van der Waals surface area contributed by atoms with Gasteiger partial charge in [0.2, 0.25) is 0 Å². The number of amides is 1. The fourth-order valence-electron chi connectivity index (χ4n) is 4.09. The van der Waals surface area contributed by atoms with Crippen molar-refractivity contribution in [1.82, 2.24) is 0 Å². The zero-order valence-corrected chi connectivity index (χ0v) is 21.6. The van der Waals surface area contributed by atoms with Crippen molar-refractivity contribution >= 4 is 39.2 Å². The van der Waals surface area contributed by atoms with E-state index < -0.39 is 41.4 Å². The number of hydrogen-bond donors (Lipinski definition) is 1. The molecule has 0 aromatic heterocycles. The lowest BCUT2D eigenvalue weighted by atomic mass is 9.98. The Hall–Kier alpha value is -3.80. The van der Waals surface area contributed by atoms with Gasteiger partial charge in [-0.2, -0.15) is 26.3 Å². The maximum Gasteiger partial charge on any atom is 0.416 e. The quantitative estimate of drug-likeness (QED) is 0.231. The molecule has 0 saturated carbocycles. The Balaban J connectivity index is 1.85. The van der Waals surface area contributed by atoms with Crippen LogP contribution < -0.4 is 10.2 Å². The van der Waals surface area contributed by atoms with E-state index >= 15 is 0 Å². The third-order valence-corrected chi connectivity index (χ3v) is 6.40. The molecule has 12 heteroatoms. The van der Waals surface area contributed by atoms with Gasteiger partial charge in [-0.3, -0.25) is 9.69 Å². The maximum absolute atomic E-state index is 13.8. The van der Waals surface area contributed by atoms with Gasteiger partial charge in [0.1, 0.15) is 5.70 Å². The van der Waals surface area contributed by atoms with Crippen LogP contribution in [0.2, 0.25) is 0 Å². The molecular weight excluding hydrogens is 594 g/mol. The standard InChI is InChI=1S/C27H19BrF6N2O3/c1-2-39-25(38)21-22(35-19-11-5-16(6-12-19)26(29,30)31)24(37)36(23(21)15-3-9-18(28)10-4-15)20-13-7-17(8-14-20)27(32,33)34/h3-14,23,35H,2H2,1H3. The van der Waals surface area contributed by atoms with Gasteiger partial charge < -0.3 is 10.1 Å². The summed E-state index contributed by atoms with van der Waals surface area (Å²) in [5, 5.41) is 2.74. The van der Waals surface area contributed by atoms with E-state index in [1.54, 1.807) is 31.2 Å². The lowest BCUT2D eigenvalue weighted by molar-refractivity contribution is -0.139. The number of halogens is 7. The molecular formula is C27H19BrF6N2O3. The number of carbonyl (C=O) groups excluding carboxylic acids is 2. The molecule has 1 N–H and O–H groups in total. The van der Waals surface area contributed by atoms with Gasteiger partial charge in [-0.1, -0.05) is 28.1 Å². The van der Waals surface area contributed by atoms with Gasteiger partial charge in [-0.15, -0.1) is 0 Å². The largest absolute Gasteiger partial charge is 0.463 e. The lowest BCUT2D eigenvalue weighted by Gasteiger charge is -2.27. The summed E-state index contributed by atoms with van der Waals surface area (Å²) in [6.45, 7) is 1.51. The highest BCUT2D eigenvalue weighted by molar-refractivity contribution is 9.10. The second kappa shape index (κ2) is 10.8. The molecule has 1 heterocycles. The Labute approximate surface area is 227 Å². The summed E-state index contributed by atoms with van der Waals surface area (Å²) in [6.07, 6.45) is -9.19. The third-order valence-electron chi connectivity index (χ3n) is 5.87. The van der Waals surface area contributed by atoms with Crippen LogP contribution in [-0.4, -0.2) is 18.5 Å². The Kier molecular flexibility index (Phi) is 7.78. The van der Waals surface area contributed by atoms with Crippen molar-refractivity contribution in [1.29, 1.82) is 0 Å². The molecule has 0 fully saturated rings. The first-order valence-corrected chi connectivity index (χ1v) is 12.2. The number of benzene rings is 3. The molecule has 39 heavy (non-hydrogen) atoms. The first kappa shape index (κ1) is 28.2. The number of hydrogen-bond acceptors (Lipinski definition) is 4. The molecule has 3 aromatic rings. The van der Waals surface area contributed by atoms with Crippen LogP contribution in [0.1, 0.15) is 29.7 Å². The lowest BCUT2D eigenvalue weighted by Crippen LogP contribution is -2.32. The molecule has 0 saturated heterocycles. The van der Waals surface area contributed by atoms with Gasteiger partial charge in [0, 0.05) is 15.8 Å². The molecule has 0 bridgehead atoms. The monoisotopic (exact) mass is 612 g/mol. The predicted octanol–water partition coefficient (Wildman–Crippen LogP) is 7.50. The van der Waals surface area contributed by atoms with Gasteiger partial charge in [0.15, 0.2) is 0 Å². The van der Waals surface area contributed by atoms with Crippen molar-refractivity contribution in [2.45, 2.75) is 25.3 Å². The van der Waals surface area contributed by atoms with E-state index in [1.807, 2.05) is 0 Å². The number of nitrogens with zero attached hydrogens (tertiary/aromatic N) is 1. The molecule has 1 amide bonds. The zero-order valence-electron chi connectivity index (χ0n) is 20.0. The van der Waals surface area contributed by atoms with Gasteiger partial charge in [-0.05, 0) is 73.2 Å². The second-order valence-electron chi connectivity index (χ2n) is 8.38. The van der Waals surface area contributed by atoms with Crippen molar-refractivity contribution < 1.29 is 40.7 Å². The fourth-order valence-corrected chi connectivity index (χ4v) is 4.35. The summed E-state index contributed by atoms with van der Waals surface area (Å²) in [7, 11) is 0. The average Bonchev–Trinajstić information content (AvgIpc) is 3.16. The minimum Gasteiger partial charge on any atom is -0.463 e. The van der Waals surface area contributed by atoms with Crippen LogP contribution in [0.25, 0.3) is 0 Å². The highest BCUT2D eigenvalue weighted by Gasteiger charge is 2.45. The molecule has 5 nitrogen and oxygen atoms in total. The van der Waals surface area contributed by atoms with E-state index in [2.05, 4.69) is 21.2 Å². The van der Waals surface area contributed by atoms with E-state index in [-0.39, 0.29) is 29.3 Å². The topological polar surface area (TPSA) is 58.6 Å². The first-order valence-electron chi connectivity index (χ1n) is 11.4. The van der Waals surface area contributed by atoms with E-state index in [0.717, 1.165) is 53.4 Å². The summed E-state index contributed by atoms with van der Waals surface area (Å²) in [5.41, 5.74) is -1.68. The Morgan fingerprint density at radius 3 is 1.87 bits per heavy atom. The van der Waals surface area contributed by atoms with E-state index in [4.69, 9.17) is 4.74 Å². The van der Waals surface area contributed by atoms with Crippen LogP contribution in [0, 0.1) is 0 Å². The molecule has 204 valence electrons. The van der Waals surface area contributed by atoms with Crippen molar-refractivity contribution in [3.63, 3.8) is 0 Å². The Morgan fingerprint density at radius 2 is 1.38 bits per heavy atom. The summed E-state index contributed by atoms with van der Waals surface area (Å²) in [6, 6.07) is 13.1. The number of ether oxygens (including phenoxy) is 1. The van der Waals surface area contributed by atoms with Crippen LogP contribution in [0.5, 0.6) is 0 Å². The summed E-state index contributed by atoms with van der Waals surface area (Å²) >= 11 is 3.31. The van der Waals surface area contributed by atoms with Crippen molar-refractivity contribution in [3.05, 3.63) is 105 Å². The highest BCUT2D eigenvalue weighted by atomic mass is 79.9. The first-order chi connectivity index (χ1) is 18.3. The minimum absolute atomic E-state index is 0.0442. The number of carbonyl (C=O) groups is 2. The minimum atomic E-state index is -4.61. The average molecular weight is 613 g/mol. The van der Waals surface area contributed by atoms with Crippen LogP contribution in [0.4, 0.5) is 37.7 Å². The van der Waals surface area contributed by atoms with Crippen molar-refractivity contribution in [2.24, 2.45) is 0 Å². The van der Waals surface area contributed by atoms with E-state index in [0.29, 0.717) is 10.0 Å². The number of alkyl halides is 6. The van der Waals surface area contributed by atoms with E-state index in [1.165, 1.54) is 0 Å². The van der Waals surface area contributed by atoms with Gasteiger partial charge in [0.05, 0.1) is 29.3 Å². The molecule has 4 rings (SSSR count). The van der Waals surface area contributed by atoms with Gasteiger partial charge in [0.25, 0.3) is 5.91 Å². The second-order valence-corrected chi connectivity index (χ2v) is 9.30. The number of rotatable bonds is 6. The fraction of sp³-hybridized carbons (Fsp3) is 0.185. The molecule has 3 aromatic carbocycles. The number of nitrogens with one attached hydrogen (secondary N) is 1. The molecule has 0 aliphatic carbocycles. The highest BCUT2D eigenvalue weighted by Crippen LogP contribution is 2.43.